The first-order valence-electron chi connectivity index (χ1n) is 7.03. The highest BCUT2D eigenvalue weighted by molar-refractivity contribution is 7.11. The summed E-state index contributed by atoms with van der Waals surface area (Å²) in [5.74, 6) is 0. The molecular formula is C14H25N3S. The quantitative estimate of drug-likeness (QED) is 0.912. The molecule has 2 heterocycles. The number of aromatic nitrogens is 1. The highest BCUT2D eigenvalue weighted by Gasteiger charge is 2.28. The van der Waals surface area contributed by atoms with Crippen molar-refractivity contribution in [3.8, 4) is 0 Å². The molecule has 102 valence electrons. The maximum Gasteiger partial charge on any atom is 0.0900 e. The fraction of sp³-hybridized carbons (Fsp3) is 0.786. The van der Waals surface area contributed by atoms with Gasteiger partial charge in [0.25, 0.3) is 0 Å². The lowest BCUT2D eigenvalue weighted by atomic mass is 9.96. The van der Waals surface area contributed by atoms with Crippen LogP contribution in [0.5, 0.6) is 0 Å². The smallest absolute Gasteiger partial charge is 0.0900 e. The van der Waals surface area contributed by atoms with Gasteiger partial charge in [0.15, 0.2) is 0 Å². The zero-order valence-corrected chi connectivity index (χ0v) is 12.6. The Morgan fingerprint density at radius 3 is 2.83 bits per heavy atom. The summed E-state index contributed by atoms with van der Waals surface area (Å²) in [7, 11) is 0. The Balaban J connectivity index is 2.15. The number of hydrogen-bond donors (Lipinski definition) is 1. The molecular weight excluding hydrogens is 242 g/mol. The first-order valence-corrected chi connectivity index (χ1v) is 7.85. The lowest BCUT2D eigenvalue weighted by Crippen LogP contribution is -2.42. The zero-order valence-electron chi connectivity index (χ0n) is 11.8. The molecule has 0 radical (unpaired) electrons. The Kier molecular flexibility index (Phi) is 4.76. The molecule has 1 aromatic heterocycles. The van der Waals surface area contributed by atoms with Crippen LogP contribution in [0.4, 0.5) is 0 Å². The van der Waals surface area contributed by atoms with E-state index in [1.807, 2.05) is 11.3 Å². The van der Waals surface area contributed by atoms with Gasteiger partial charge in [-0.1, -0.05) is 6.42 Å². The highest BCUT2D eigenvalue weighted by atomic mass is 32.1. The van der Waals surface area contributed by atoms with E-state index >= 15 is 0 Å². The molecule has 2 N–H and O–H groups in total. The van der Waals surface area contributed by atoms with Gasteiger partial charge in [0.2, 0.25) is 0 Å². The van der Waals surface area contributed by atoms with Gasteiger partial charge in [0, 0.05) is 10.9 Å². The SMILES string of the molecule is Cc1nc(C(C)N2CCCCC2CCN)c(C)s1. The molecule has 1 aliphatic heterocycles. The highest BCUT2D eigenvalue weighted by Crippen LogP contribution is 2.32. The fourth-order valence-electron chi connectivity index (χ4n) is 3.12. The van der Waals surface area contributed by atoms with E-state index in [2.05, 4.69) is 25.7 Å². The van der Waals surface area contributed by atoms with Crippen LogP contribution in [0.15, 0.2) is 0 Å². The van der Waals surface area contributed by atoms with Crippen LogP contribution in [0.25, 0.3) is 0 Å². The predicted octanol–water partition coefficient (Wildman–Crippen LogP) is 3.02. The standard InChI is InChI=1S/C14H25N3S/c1-10(14-11(2)18-12(3)16-14)17-9-5-4-6-13(17)7-8-15/h10,13H,4-9,15H2,1-3H3. The zero-order chi connectivity index (χ0) is 13.1. The van der Waals surface area contributed by atoms with Gasteiger partial charge in [-0.15, -0.1) is 11.3 Å². The average Bonchev–Trinajstić information content (AvgIpc) is 2.69. The minimum Gasteiger partial charge on any atom is -0.330 e. The molecule has 0 saturated carbocycles. The largest absolute Gasteiger partial charge is 0.330 e. The summed E-state index contributed by atoms with van der Waals surface area (Å²) < 4.78 is 0. The molecule has 0 spiro atoms. The molecule has 2 rings (SSSR count). The molecule has 4 heteroatoms. The molecule has 2 atom stereocenters. The van der Waals surface area contributed by atoms with E-state index in [1.54, 1.807) is 0 Å². The van der Waals surface area contributed by atoms with Crippen molar-refractivity contribution >= 4 is 11.3 Å². The van der Waals surface area contributed by atoms with Crippen LogP contribution in [0.1, 0.15) is 54.2 Å². The number of nitrogens with zero attached hydrogens (tertiary/aromatic N) is 2. The maximum atomic E-state index is 5.75. The number of nitrogens with two attached hydrogens (primary N) is 1. The van der Waals surface area contributed by atoms with Crippen LogP contribution >= 0.6 is 11.3 Å². The number of aryl methyl sites for hydroxylation is 2. The molecule has 1 aliphatic rings. The molecule has 18 heavy (non-hydrogen) atoms. The van der Waals surface area contributed by atoms with E-state index in [4.69, 9.17) is 10.7 Å². The maximum absolute atomic E-state index is 5.75. The summed E-state index contributed by atoms with van der Waals surface area (Å²) in [4.78, 5) is 8.72. The molecule has 0 aliphatic carbocycles. The van der Waals surface area contributed by atoms with Gasteiger partial charge in [-0.25, -0.2) is 4.98 Å². The van der Waals surface area contributed by atoms with Crippen molar-refractivity contribution in [2.75, 3.05) is 13.1 Å². The average molecular weight is 267 g/mol. The van der Waals surface area contributed by atoms with Crippen molar-refractivity contribution in [3.63, 3.8) is 0 Å². The number of rotatable bonds is 4. The lowest BCUT2D eigenvalue weighted by Gasteiger charge is -2.39. The van der Waals surface area contributed by atoms with Crippen LogP contribution in [-0.4, -0.2) is 29.0 Å². The van der Waals surface area contributed by atoms with Gasteiger partial charge >= 0.3 is 0 Å². The van der Waals surface area contributed by atoms with Crippen molar-refractivity contribution in [1.29, 1.82) is 0 Å². The first-order chi connectivity index (χ1) is 8.63. The molecule has 0 bridgehead atoms. The first kappa shape index (κ1) is 14.0. The van der Waals surface area contributed by atoms with Crippen molar-refractivity contribution in [1.82, 2.24) is 9.88 Å². The molecule has 3 nitrogen and oxygen atoms in total. The Bertz CT molecular complexity index is 386. The third kappa shape index (κ3) is 2.92. The topological polar surface area (TPSA) is 42.2 Å². The van der Waals surface area contributed by atoms with Gasteiger partial charge in [-0.2, -0.15) is 0 Å². The molecule has 0 aromatic carbocycles. The lowest BCUT2D eigenvalue weighted by molar-refractivity contribution is 0.0963. The summed E-state index contributed by atoms with van der Waals surface area (Å²) in [5.41, 5.74) is 7.03. The second-order valence-electron chi connectivity index (χ2n) is 5.32. The van der Waals surface area contributed by atoms with Crippen LogP contribution in [0, 0.1) is 13.8 Å². The number of thiazole rings is 1. The number of hydrogen-bond acceptors (Lipinski definition) is 4. The van der Waals surface area contributed by atoms with Crippen molar-refractivity contribution in [2.24, 2.45) is 5.73 Å². The predicted molar refractivity (Wildman–Crippen MR) is 78.0 cm³/mol. The second-order valence-corrected chi connectivity index (χ2v) is 6.72. The van der Waals surface area contributed by atoms with E-state index in [-0.39, 0.29) is 0 Å². The van der Waals surface area contributed by atoms with Crippen LogP contribution < -0.4 is 5.73 Å². The van der Waals surface area contributed by atoms with E-state index in [0.29, 0.717) is 12.1 Å². The monoisotopic (exact) mass is 267 g/mol. The molecule has 0 amide bonds. The Labute approximate surface area is 114 Å². The van der Waals surface area contributed by atoms with Crippen LogP contribution in [0.3, 0.4) is 0 Å². The third-order valence-electron chi connectivity index (χ3n) is 4.01. The van der Waals surface area contributed by atoms with E-state index in [9.17, 15) is 0 Å². The molecule has 1 aromatic rings. The van der Waals surface area contributed by atoms with E-state index in [0.717, 1.165) is 13.0 Å². The summed E-state index contributed by atoms with van der Waals surface area (Å²) in [6.07, 6.45) is 5.08. The second kappa shape index (κ2) is 6.13. The Morgan fingerprint density at radius 1 is 1.44 bits per heavy atom. The van der Waals surface area contributed by atoms with Crippen LogP contribution in [-0.2, 0) is 0 Å². The minimum absolute atomic E-state index is 0.437. The fourth-order valence-corrected chi connectivity index (χ4v) is 4.03. The van der Waals surface area contributed by atoms with Gasteiger partial charge < -0.3 is 5.73 Å². The number of likely N-dealkylation sites (tertiary alicyclic amines) is 1. The summed E-state index contributed by atoms with van der Waals surface area (Å²) in [6.45, 7) is 8.58. The van der Waals surface area contributed by atoms with E-state index < -0.39 is 0 Å². The Morgan fingerprint density at radius 2 is 2.22 bits per heavy atom. The number of piperidine rings is 1. The van der Waals surface area contributed by atoms with Gasteiger partial charge in [0.05, 0.1) is 16.7 Å². The Hall–Kier alpha value is -0.450. The molecule has 1 fully saturated rings. The van der Waals surface area contributed by atoms with Crippen molar-refractivity contribution in [3.05, 3.63) is 15.6 Å². The summed E-state index contributed by atoms with van der Waals surface area (Å²) in [5, 5.41) is 1.18. The summed E-state index contributed by atoms with van der Waals surface area (Å²) in [6, 6.07) is 1.09. The van der Waals surface area contributed by atoms with Gasteiger partial charge in [-0.3, -0.25) is 4.90 Å². The van der Waals surface area contributed by atoms with Crippen molar-refractivity contribution < 1.29 is 0 Å². The van der Waals surface area contributed by atoms with Crippen LogP contribution in [0.2, 0.25) is 0 Å². The third-order valence-corrected chi connectivity index (χ3v) is 4.91. The van der Waals surface area contributed by atoms with E-state index in [1.165, 1.54) is 41.4 Å². The summed E-state index contributed by atoms with van der Waals surface area (Å²) >= 11 is 1.81. The minimum atomic E-state index is 0.437. The molecule has 2 unspecified atom stereocenters. The van der Waals surface area contributed by atoms with Gasteiger partial charge in [0.1, 0.15) is 0 Å². The molecule has 1 saturated heterocycles. The van der Waals surface area contributed by atoms with Crippen molar-refractivity contribution in [2.45, 2.75) is 58.5 Å². The van der Waals surface area contributed by atoms with Gasteiger partial charge in [-0.05, 0) is 53.1 Å². The normalized spacial score (nSPS) is 23.2.